The second kappa shape index (κ2) is 4.08. The van der Waals surface area contributed by atoms with Crippen LogP contribution < -0.4 is 5.73 Å². The summed E-state index contributed by atoms with van der Waals surface area (Å²) in [5.41, 5.74) is 6.70. The molecule has 0 spiro atoms. The third-order valence-electron chi connectivity index (χ3n) is 3.06. The zero-order chi connectivity index (χ0) is 12.7. The first-order valence-electron chi connectivity index (χ1n) is 6.16. The molecule has 96 valence electrons. The van der Waals surface area contributed by atoms with Crippen LogP contribution in [0.3, 0.4) is 0 Å². The lowest BCUT2D eigenvalue weighted by Gasteiger charge is -2.06. The molecule has 2 aromatic heterocycles. The van der Waals surface area contributed by atoms with Crippen molar-refractivity contribution in [2.24, 2.45) is 0 Å². The first-order valence-corrected chi connectivity index (χ1v) is 6.16. The lowest BCUT2D eigenvalue weighted by atomic mass is 10.1. The number of nitrogens with zero attached hydrogens (tertiary/aromatic N) is 5. The van der Waals surface area contributed by atoms with E-state index in [2.05, 4.69) is 34.3 Å². The molecule has 0 aromatic carbocycles. The van der Waals surface area contributed by atoms with E-state index in [9.17, 15) is 0 Å². The van der Waals surface area contributed by atoms with E-state index in [1.165, 1.54) is 0 Å². The Morgan fingerprint density at radius 2 is 2.22 bits per heavy atom. The van der Waals surface area contributed by atoms with Crippen molar-refractivity contribution in [1.82, 2.24) is 25.1 Å². The Morgan fingerprint density at radius 1 is 1.44 bits per heavy atom. The van der Waals surface area contributed by atoms with Crippen LogP contribution in [0.25, 0.3) is 0 Å². The minimum absolute atomic E-state index is 0.255. The largest absolute Gasteiger partial charge is 0.381 e. The summed E-state index contributed by atoms with van der Waals surface area (Å²) in [7, 11) is 0. The summed E-state index contributed by atoms with van der Waals surface area (Å²) in [6.45, 7) is 4.53. The Balaban J connectivity index is 1.82. The van der Waals surface area contributed by atoms with E-state index in [-0.39, 0.29) is 5.92 Å². The molecule has 0 bridgehead atoms. The number of nitrogens with two attached hydrogens (primary N) is 1. The average Bonchev–Trinajstić information content (AvgIpc) is 2.96. The zero-order valence-electron chi connectivity index (χ0n) is 10.5. The molecule has 3 rings (SSSR count). The number of rotatable bonds is 4. The van der Waals surface area contributed by atoms with Gasteiger partial charge in [-0.3, -0.25) is 0 Å². The molecule has 18 heavy (non-hydrogen) atoms. The molecule has 1 aliphatic rings. The second-order valence-electron chi connectivity index (χ2n) is 4.99. The number of hydrogen-bond acceptors (Lipinski definition) is 6. The summed E-state index contributed by atoms with van der Waals surface area (Å²) >= 11 is 0. The molecule has 0 radical (unpaired) electrons. The fourth-order valence-electron chi connectivity index (χ4n) is 2.01. The molecular formula is C11H16N6O. The van der Waals surface area contributed by atoms with Gasteiger partial charge in [-0.2, -0.15) is 4.98 Å². The zero-order valence-corrected chi connectivity index (χ0v) is 10.5. The molecular weight excluding hydrogens is 232 g/mol. The standard InChI is InChI=1S/C11H16N6O/c1-6(2)9-10(12)14-16-17(9)5-8-13-11(15-18-8)7-3-4-7/h6-7H,3-5,12H2,1-2H3. The van der Waals surface area contributed by atoms with Crippen LogP contribution in [0, 0.1) is 0 Å². The summed E-state index contributed by atoms with van der Waals surface area (Å²) < 4.78 is 6.95. The van der Waals surface area contributed by atoms with Crippen LogP contribution in [0.15, 0.2) is 4.52 Å². The predicted octanol–water partition coefficient (Wildman–Crippen LogP) is 1.29. The number of aromatic nitrogens is 5. The van der Waals surface area contributed by atoms with Gasteiger partial charge in [0.2, 0.25) is 5.89 Å². The molecule has 0 aliphatic heterocycles. The van der Waals surface area contributed by atoms with E-state index in [1.807, 2.05) is 0 Å². The van der Waals surface area contributed by atoms with Crippen molar-refractivity contribution < 1.29 is 4.52 Å². The Kier molecular flexibility index (Phi) is 2.53. The van der Waals surface area contributed by atoms with Gasteiger partial charge in [0.15, 0.2) is 11.6 Å². The van der Waals surface area contributed by atoms with Crippen molar-refractivity contribution in [3.05, 3.63) is 17.4 Å². The van der Waals surface area contributed by atoms with Crippen molar-refractivity contribution >= 4 is 5.82 Å². The van der Waals surface area contributed by atoms with E-state index in [0.717, 1.165) is 24.4 Å². The predicted molar refractivity (Wildman–Crippen MR) is 63.9 cm³/mol. The monoisotopic (exact) mass is 248 g/mol. The summed E-state index contributed by atoms with van der Waals surface area (Å²) in [6.07, 6.45) is 2.32. The number of anilines is 1. The molecule has 7 heteroatoms. The van der Waals surface area contributed by atoms with Crippen LogP contribution in [0.5, 0.6) is 0 Å². The van der Waals surface area contributed by atoms with Gasteiger partial charge in [0.05, 0.1) is 5.69 Å². The first kappa shape index (κ1) is 11.2. The highest BCUT2D eigenvalue weighted by Gasteiger charge is 2.29. The highest BCUT2D eigenvalue weighted by molar-refractivity contribution is 5.35. The molecule has 7 nitrogen and oxygen atoms in total. The Morgan fingerprint density at radius 3 is 2.89 bits per heavy atom. The maximum atomic E-state index is 5.80. The fraction of sp³-hybridized carbons (Fsp3) is 0.636. The summed E-state index contributed by atoms with van der Waals surface area (Å²) in [5.74, 6) is 2.58. The van der Waals surface area contributed by atoms with E-state index < -0.39 is 0 Å². The lowest BCUT2D eigenvalue weighted by Crippen LogP contribution is -2.09. The summed E-state index contributed by atoms with van der Waals surface area (Å²) in [5, 5.41) is 11.9. The quantitative estimate of drug-likeness (QED) is 0.875. The molecule has 0 saturated heterocycles. The molecule has 2 aromatic rings. The Hall–Kier alpha value is -1.92. The van der Waals surface area contributed by atoms with Crippen molar-refractivity contribution in [3.63, 3.8) is 0 Å². The number of hydrogen-bond donors (Lipinski definition) is 1. The molecule has 0 atom stereocenters. The Bertz CT molecular complexity index is 554. The van der Waals surface area contributed by atoms with Gasteiger partial charge in [0, 0.05) is 5.92 Å². The fourth-order valence-corrected chi connectivity index (χ4v) is 2.01. The highest BCUT2D eigenvalue weighted by Crippen LogP contribution is 2.38. The maximum absolute atomic E-state index is 5.80. The summed E-state index contributed by atoms with van der Waals surface area (Å²) in [6, 6.07) is 0. The van der Waals surface area contributed by atoms with Gasteiger partial charge in [0.1, 0.15) is 6.54 Å². The SMILES string of the molecule is CC(C)c1c(N)nnn1Cc1nc(C2CC2)no1. The van der Waals surface area contributed by atoms with Crippen molar-refractivity contribution in [1.29, 1.82) is 0 Å². The number of nitrogen functional groups attached to an aromatic ring is 1. The lowest BCUT2D eigenvalue weighted by molar-refractivity contribution is 0.357. The Labute approximate surface area is 104 Å². The summed E-state index contributed by atoms with van der Waals surface area (Å²) in [4.78, 5) is 4.37. The molecule has 0 unspecified atom stereocenters. The molecule has 0 amide bonds. The van der Waals surface area contributed by atoms with Gasteiger partial charge in [0.25, 0.3) is 0 Å². The van der Waals surface area contributed by atoms with Crippen LogP contribution in [-0.2, 0) is 6.54 Å². The second-order valence-corrected chi connectivity index (χ2v) is 4.99. The molecule has 1 fully saturated rings. The van der Waals surface area contributed by atoms with E-state index in [1.54, 1.807) is 4.68 Å². The first-order chi connectivity index (χ1) is 8.65. The van der Waals surface area contributed by atoms with Crippen LogP contribution in [0.1, 0.15) is 55.9 Å². The molecule has 1 saturated carbocycles. The van der Waals surface area contributed by atoms with E-state index in [4.69, 9.17) is 10.3 Å². The topological polar surface area (TPSA) is 95.7 Å². The van der Waals surface area contributed by atoms with Crippen LogP contribution >= 0.6 is 0 Å². The third-order valence-corrected chi connectivity index (χ3v) is 3.06. The van der Waals surface area contributed by atoms with Gasteiger partial charge in [-0.25, -0.2) is 4.68 Å². The minimum atomic E-state index is 0.255. The maximum Gasteiger partial charge on any atom is 0.248 e. The molecule has 2 N–H and O–H groups in total. The van der Waals surface area contributed by atoms with Crippen LogP contribution in [0.2, 0.25) is 0 Å². The van der Waals surface area contributed by atoms with Gasteiger partial charge in [-0.15, -0.1) is 5.10 Å². The minimum Gasteiger partial charge on any atom is -0.381 e. The van der Waals surface area contributed by atoms with E-state index >= 15 is 0 Å². The molecule has 2 heterocycles. The van der Waals surface area contributed by atoms with Crippen molar-refractivity contribution in [3.8, 4) is 0 Å². The smallest absolute Gasteiger partial charge is 0.248 e. The highest BCUT2D eigenvalue weighted by atomic mass is 16.5. The third kappa shape index (κ3) is 1.96. The molecule has 1 aliphatic carbocycles. The van der Waals surface area contributed by atoms with Gasteiger partial charge < -0.3 is 10.3 Å². The van der Waals surface area contributed by atoms with Gasteiger partial charge >= 0.3 is 0 Å². The van der Waals surface area contributed by atoms with Crippen molar-refractivity contribution in [2.75, 3.05) is 5.73 Å². The van der Waals surface area contributed by atoms with Crippen LogP contribution in [-0.4, -0.2) is 25.1 Å². The van der Waals surface area contributed by atoms with E-state index in [0.29, 0.717) is 24.2 Å². The normalized spacial score (nSPS) is 15.5. The average molecular weight is 248 g/mol. The van der Waals surface area contributed by atoms with Crippen LogP contribution in [0.4, 0.5) is 5.82 Å². The van der Waals surface area contributed by atoms with Crippen molar-refractivity contribution in [2.45, 2.75) is 45.1 Å². The van der Waals surface area contributed by atoms with Gasteiger partial charge in [-0.05, 0) is 18.8 Å². The van der Waals surface area contributed by atoms with Gasteiger partial charge in [-0.1, -0.05) is 24.2 Å².